The van der Waals surface area contributed by atoms with E-state index in [1.807, 2.05) is 18.2 Å². The molecule has 19 heavy (non-hydrogen) atoms. The van der Waals surface area contributed by atoms with E-state index in [0.29, 0.717) is 24.4 Å². The molecule has 0 heterocycles. The van der Waals surface area contributed by atoms with E-state index < -0.39 is 0 Å². The SMILES string of the molecule is CC(CN)c1ccc(Cc2cc(Br)ccc2F)cc1. The Morgan fingerprint density at radius 1 is 1.16 bits per heavy atom. The van der Waals surface area contributed by atoms with Gasteiger partial charge in [0.25, 0.3) is 0 Å². The summed E-state index contributed by atoms with van der Waals surface area (Å²) in [5, 5.41) is 0. The number of hydrogen-bond acceptors (Lipinski definition) is 1. The highest BCUT2D eigenvalue weighted by Gasteiger charge is 2.06. The van der Waals surface area contributed by atoms with Gasteiger partial charge in [-0.15, -0.1) is 0 Å². The maximum atomic E-state index is 13.7. The second kappa shape index (κ2) is 6.31. The van der Waals surface area contributed by atoms with Crippen molar-refractivity contribution in [1.29, 1.82) is 0 Å². The lowest BCUT2D eigenvalue weighted by Crippen LogP contribution is -2.08. The Morgan fingerprint density at radius 2 is 1.84 bits per heavy atom. The topological polar surface area (TPSA) is 26.0 Å². The Kier molecular flexibility index (Phi) is 4.72. The molecule has 0 fully saturated rings. The Bertz CT molecular complexity index is 551. The van der Waals surface area contributed by atoms with E-state index in [-0.39, 0.29) is 5.82 Å². The van der Waals surface area contributed by atoms with Gasteiger partial charge in [-0.1, -0.05) is 47.1 Å². The molecule has 100 valence electrons. The van der Waals surface area contributed by atoms with Crippen molar-refractivity contribution in [2.45, 2.75) is 19.3 Å². The maximum Gasteiger partial charge on any atom is 0.126 e. The molecule has 3 heteroatoms. The molecule has 0 spiro atoms. The van der Waals surface area contributed by atoms with Gasteiger partial charge in [0.05, 0.1) is 0 Å². The first-order valence-electron chi connectivity index (χ1n) is 6.33. The van der Waals surface area contributed by atoms with Crippen LogP contribution in [0.5, 0.6) is 0 Å². The number of benzene rings is 2. The average Bonchev–Trinajstić information content (AvgIpc) is 2.43. The summed E-state index contributed by atoms with van der Waals surface area (Å²) in [6.45, 7) is 2.74. The summed E-state index contributed by atoms with van der Waals surface area (Å²) < 4.78 is 14.6. The fraction of sp³-hybridized carbons (Fsp3) is 0.250. The van der Waals surface area contributed by atoms with Gasteiger partial charge in [-0.05, 0) is 47.4 Å². The van der Waals surface area contributed by atoms with Crippen LogP contribution in [-0.4, -0.2) is 6.54 Å². The first kappa shape index (κ1) is 14.2. The smallest absolute Gasteiger partial charge is 0.126 e. The third-order valence-electron chi connectivity index (χ3n) is 3.30. The molecule has 0 aromatic heterocycles. The van der Waals surface area contributed by atoms with Crippen LogP contribution in [0.3, 0.4) is 0 Å². The molecule has 0 aliphatic carbocycles. The molecule has 0 saturated heterocycles. The second-order valence-corrected chi connectivity index (χ2v) is 5.71. The molecule has 2 N–H and O–H groups in total. The van der Waals surface area contributed by atoms with Gasteiger partial charge in [-0.25, -0.2) is 4.39 Å². The Labute approximate surface area is 121 Å². The summed E-state index contributed by atoms with van der Waals surface area (Å²) >= 11 is 3.37. The van der Waals surface area contributed by atoms with Gasteiger partial charge >= 0.3 is 0 Å². The van der Waals surface area contributed by atoms with Crippen LogP contribution >= 0.6 is 15.9 Å². The summed E-state index contributed by atoms with van der Waals surface area (Å²) in [5.41, 5.74) is 8.68. The second-order valence-electron chi connectivity index (χ2n) is 4.79. The van der Waals surface area contributed by atoms with Crippen LogP contribution in [-0.2, 0) is 6.42 Å². The average molecular weight is 322 g/mol. The van der Waals surface area contributed by atoms with E-state index in [2.05, 4.69) is 35.0 Å². The largest absolute Gasteiger partial charge is 0.330 e. The third kappa shape index (κ3) is 3.64. The van der Waals surface area contributed by atoms with Crippen LogP contribution in [0.15, 0.2) is 46.9 Å². The quantitative estimate of drug-likeness (QED) is 0.895. The van der Waals surface area contributed by atoms with Crippen LogP contribution in [0.2, 0.25) is 0 Å². The Hall–Kier alpha value is -1.19. The zero-order valence-electron chi connectivity index (χ0n) is 10.9. The van der Waals surface area contributed by atoms with Crippen molar-refractivity contribution in [1.82, 2.24) is 0 Å². The first-order valence-corrected chi connectivity index (χ1v) is 7.12. The summed E-state index contributed by atoms with van der Waals surface area (Å²) in [4.78, 5) is 0. The molecular formula is C16H17BrFN. The van der Waals surface area contributed by atoms with Gasteiger partial charge in [0.1, 0.15) is 5.82 Å². The van der Waals surface area contributed by atoms with E-state index in [1.165, 1.54) is 11.6 Å². The molecule has 1 unspecified atom stereocenters. The maximum absolute atomic E-state index is 13.7. The monoisotopic (exact) mass is 321 g/mol. The predicted octanol–water partition coefficient (Wildman–Crippen LogP) is 4.24. The fourth-order valence-corrected chi connectivity index (χ4v) is 2.41. The normalized spacial score (nSPS) is 12.4. The highest BCUT2D eigenvalue weighted by molar-refractivity contribution is 9.10. The number of halogens is 2. The lowest BCUT2D eigenvalue weighted by molar-refractivity contribution is 0.613. The molecule has 2 aromatic rings. The fourth-order valence-electron chi connectivity index (χ4n) is 2.00. The highest BCUT2D eigenvalue weighted by atomic mass is 79.9. The van der Waals surface area contributed by atoms with Gasteiger partial charge in [0, 0.05) is 10.9 Å². The van der Waals surface area contributed by atoms with Gasteiger partial charge in [-0.2, -0.15) is 0 Å². The molecule has 0 radical (unpaired) electrons. The van der Waals surface area contributed by atoms with E-state index >= 15 is 0 Å². The van der Waals surface area contributed by atoms with Crippen LogP contribution in [0.4, 0.5) is 4.39 Å². The zero-order valence-corrected chi connectivity index (χ0v) is 12.5. The summed E-state index contributed by atoms with van der Waals surface area (Å²) in [6.07, 6.45) is 0.600. The van der Waals surface area contributed by atoms with Crippen molar-refractivity contribution in [2.24, 2.45) is 5.73 Å². The third-order valence-corrected chi connectivity index (χ3v) is 3.80. The van der Waals surface area contributed by atoms with E-state index in [0.717, 1.165) is 10.0 Å². The minimum atomic E-state index is -0.164. The molecule has 2 rings (SSSR count). The van der Waals surface area contributed by atoms with Crippen molar-refractivity contribution in [3.05, 3.63) is 69.4 Å². The summed E-state index contributed by atoms with van der Waals surface area (Å²) in [7, 11) is 0. The highest BCUT2D eigenvalue weighted by Crippen LogP contribution is 2.20. The van der Waals surface area contributed by atoms with Crippen molar-refractivity contribution in [3.8, 4) is 0 Å². The molecular weight excluding hydrogens is 305 g/mol. The molecule has 0 saturated carbocycles. The molecule has 1 nitrogen and oxygen atoms in total. The van der Waals surface area contributed by atoms with E-state index in [1.54, 1.807) is 6.07 Å². The number of nitrogens with two attached hydrogens (primary N) is 1. The van der Waals surface area contributed by atoms with Gasteiger partial charge in [0.2, 0.25) is 0 Å². The minimum Gasteiger partial charge on any atom is -0.330 e. The predicted molar refractivity (Wildman–Crippen MR) is 80.8 cm³/mol. The molecule has 0 bridgehead atoms. The first-order chi connectivity index (χ1) is 9.10. The summed E-state index contributed by atoms with van der Waals surface area (Å²) in [6, 6.07) is 13.3. The van der Waals surface area contributed by atoms with Crippen molar-refractivity contribution >= 4 is 15.9 Å². The Balaban J connectivity index is 2.17. The number of hydrogen-bond donors (Lipinski definition) is 1. The van der Waals surface area contributed by atoms with Gasteiger partial charge in [-0.3, -0.25) is 0 Å². The van der Waals surface area contributed by atoms with Gasteiger partial charge < -0.3 is 5.73 Å². The van der Waals surface area contributed by atoms with Crippen LogP contribution < -0.4 is 5.73 Å². The molecule has 1 atom stereocenters. The van der Waals surface area contributed by atoms with Crippen molar-refractivity contribution < 1.29 is 4.39 Å². The molecule has 2 aromatic carbocycles. The molecule has 0 aliphatic heterocycles. The van der Waals surface area contributed by atoms with Gasteiger partial charge in [0.15, 0.2) is 0 Å². The molecule has 0 amide bonds. The standard InChI is InChI=1S/C16H17BrFN/c1-11(10-19)13-4-2-12(3-5-13)8-14-9-15(17)6-7-16(14)18/h2-7,9,11H,8,10,19H2,1H3. The van der Waals surface area contributed by atoms with Crippen LogP contribution in [0.25, 0.3) is 0 Å². The Morgan fingerprint density at radius 3 is 2.47 bits per heavy atom. The zero-order chi connectivity index (χ0) is 13.8. The number of rotatable bonds is 4. The lowest BCUT2D eigenvalue weighted by atomic mass is 9.98. The van der Waals surface area contributed by atoms with Crippen molar-refractivity contribution in [2.75, 3.05) is 6.54 Å². The minimum absolute atomic E-state index is 0.164. The van der Waals surface area contributed by atoms with Crippen LogP contribution in [0.1, 0.15) is 29.5 Å². The molecule has 0 aliphatic rings. The van der Waals surface area contributed by atoms with E-state index in [4.69, 9.17) is 5.73 Å². The van der Waals surface area contributed by atoms with Crippen LogP contribution in [0, 0.1) is 5.82 Å². The summed E-state index contributed by atoms with van der Waals surface area (Å²) in [5.74, 6) is 0.194. The lowest BCUT2D eigenvalue weighted by Gasteiger charge is -2.10. The van der Waals surface area contributed by atoms with E-state index in [9.17, 15) is 4.39 Å². The van der Waals surface area contributed by atoms with Crippen molar-refractivity contribution in [3.63, 3.8) is 0 Å².